The van der Waals surface area contributed by atoms with Crippen molar-refractivity contribution >= 4 is 23.5 Å². The van der Waals surface area contributed by atoms with Gasteiger partial charge in [0.25, 0.3) is 5.91 Å². The van der Waals surface area contributed by atoms with E-state index in [0.29, 0.717) is 17.9 Å². The molecule has 1 aromatic heterocycles. The van der Waals surface area contributed by atoms with Gasteiger partial charge in [-0.1, -0.05) is 13.3 Å². The summed E-state index contributed by atoms with van der Waals surface area (Å²) in [7, 11) is 0. The molecule has 1 N–H and O–H groups in total. The lowest BCUT2D eigenvalue weighted by Gasteiger charge is -2.07. The van der Waals surface area contributed by atoms with Crippen LogP contribution in [-0.4, -0.2) is 31.1 Å². The van der Waals surface area contributed by atoms with E-state index in [0.717, 1.165) is 12.8 Å². The summed E-state index contributed by atoms with van der Waals surface area (Å²) in [6, 6.07) is 9.24. The monoisotopic (exact) mass is 345 g/mol. The molecule has 7 heteroatoms. The molecular weight excluding hydrogens is 326 g/mol. The number of anilines is 1. The molecule has 0 unspecified atom stereocenters. The molecule has 1 heterocycles. The van der Waals surface area contributed by atoms with Gasteiger partial charge in [0, 0.05) is 5.69 Å². The largest absolute Gasteiger partial charge is 0.462 e. The zero-order chi connectivity index (χ0) is 18.1. The maximum absolute atomic E-state index is 11.8. The third-order valence-corrected chi connectivity index (χ3v) is 3.19. The van der Waals surface area contributed by atoms with Gasteiger partial charge in [-0.2, -0.15) is 0 Å². The van der Waals surface area contributed by atoms with Crippen molar-refractivity contribution in [3.05, 3.63) is 54.0 Å². The van der Waals surface area contributed by atoms with Gasteiger partial charge in [-0.25, -0.2) is 9.59 Å². The third kappa shape index (κ3) is 5.80. The predicted molar refractivity (Wildman–Crippen MR) is 89.3 cm³/mol. The van der Waals surface area contributed by atoms with Crippen molar-refractivity contribution in [1.82, 2.24) is 0 Å². The summed E-state index contributed by atoms with van der Waals surface area (Å²) in [4.78, 5) is 35.1. The van der Waals surface area contributed by atoms with Crippen molar-refractivity contribution in [3.63, 3.8) is 0 Å². The highest BCUT2D eigenvalue weighted by molar-refractivity contribution is 5.95. The summed E-state index contributed by atoms with van der Waals surface area (Å²) in [5.41, 5.74) is 0.877. The SMILES string of the molecule is CCCCOC(=O)c1ccc(NC(=O)COC(=O)c2ccco2)cc1. The highest BCUT2D eigenvalue weighted by atomic mass is 16.5. The molecule has 0 saturated heterocycles. The lowest BCUT2D eigenvalue weighted by molar-refractivity contribution is -0.119. The molecule has 0 aliphatic heterocycles. The van der Waals surface area contributed by atoms with Crippen LogP contribution in [-0.2, 0) is 14.3 Å². The molecule has 7 nitrogen and oxygen atoms in total. The number of esters is 2. The van der Waals surface area contributed by atoms with E-state index in [1.807, 2.05) is 6.92 Å². The number of carbonyl (C=O) groups is 3. The zero-order valence-corrected chi connectivity index (χ0v) is 13.8. The summed E-state index contributed by atoms with van der Waals surface area (Å²) in [6.45, 7) is 1.95. The van der Waals surface area contributed by atoms with E-state index in [1.54, 1.807) is 30.3 Å². The molecule has 0 aliphatic carbocycles. The Morgan fingerprint density at radius 2 is 1.80 bits per heavy atom. The maximum Gasteiger partial charge on any atom is 0.374 e. The average Bonchev–Trinajstić information content (AvgIpc) is 3.15. The van der Waals surface area contributed by atoms with Crippen molar-refractivity contribution in [2.45, 2.75) is 19.8 Å². The van der Waals surface area contributed by atoms with E-state index in [2.05, 4.69) is 5.32 Å². The summed E-state index contributed by atoms with van der Waals surface area (Å²) in [5, 5.41) is 2.56. The fourth-order valence-electron chi connectivity index (χ4n) is 1.88. The minimum absolute atomic E-state index is 0.0266. The van der Waals surface area contributed by atoms with Gasteiger partial charge in [0.15, 0.2) is 6.61 Å². The average molecular weight is 345 g/mol. The molecule has 25 heavy (non-hydrogen) atoms. The number of benzene rings is 1. The highest BCUT2D eigenvalue weighted by Crippen LogP contribution is 2.11. The molecule has 0 spiro atoms. The molecule has 1 amide bonds. The summed E-state index contributed by atoms with van der Waals surface area (Å²) in [6.07, 6.45) is 3.10. The van der Waals surface area contributed by atoms with Crippen molar-refractivity contribution in [2.24, 2.45) is 0 Å². The Kier molecular flexibility index (Phi) is 6.76. The second kappa shape index (κ2) is 9.27. The van der Waals surface area contributed by atoms with Crippen molar-refractivity contribution in [2.75, 3.05) is 18.5 Å². The molecule has 2 aromatic rings. The minimum Gasteiger partial charge on any atom is -0.462 e. The number of hydrogen-bond donors (Lipinski definition) is 1. The topological polar surface area (TPSA) is 94.8 Å². The van der Waals surface area contributed by atoms with Crippen LogP contribution in [0.2, 0.25) is 0 Å². The van der Waals surface area contributed by atoms with Crippen molar-refractivity contribution in [3.8, 4) is 0 Å². The number of amides is 1. The van der Waals surface area contributed by atoms with E-state index in [9.17, 15) is 14.4 Å². The highest BCUT2D eigenvalue weighted by Gasteiger charge is 2.13. The Morgan fingerprint density at radius 3 is 2.44 bits per heavy atom. The summed E-state index contributed by atoms with van der Waals surface area (Å²) < 4.78 is 14.8. The predicted octanol–water partition coefficient (Wildman–Crippen LogP) is 3.03. The Bertz CT molecular complexity index is 706. The first kappa shape index (κ1) is 18.3. The second-order valence-corrected chi connectivity index (χ2v) is 5.17. The number of nitrogens with one attached hydrogen (secondary N) is 1. The lowest BCUT2D eigenvalue weighted by atomic mass is 10.2. The molecule has 2 rings (SSSR count). The molecule has 0 aliphatic rings. The fraction of sp³-hybridized carbons (Fsp3) is 0.278. The van der Waals surface area contributed by atoms with Crippen LogP contribution >= 0.6 is 0 Å². The van der Waals surface area contributed by atoms with Crippen LogP contribution < -0.4 is 5.32 Å². The van der Waals surface area contributed by atoms with Gasteiger partial charge >= 0.3 is 11.9 Å². The smallest absolute Gasteiger partial charge is 0.374 e. The number of ether oxygens (including phenoxy) is 2. The standard InChI is InChI=1S/C18H19NO6/c1-2-3-10-24-17(21)13-6-8-14(9-7-13)19-16(20)12-25-18(22)15-5-4-11-23-15/h4-9,11H,2-3,10,12H2,1H3,(H,19,20). The van der Waals surface area contributed by atoms with Gasteiger partial charge in [0.1, 0.15) is 0 Å². The third-order valence-electron chi connectivity index (χ3n) is 3.19. The van der Waals surface area contributed by atoms with Crippen LogP contribution in [0.5, 0.6) is 0 Å². The Hall–Kier alpha value is -3.09. The van der Waals surface area contributed by atoms with Crippen LogP contribution in [0, 0.1) is 0 Å². The normalized spacial score (nSPS) is 10.1. The quantitative estimate of drug-likeness (QED) is 0.584. The first-order chi connectivity index (χ1) is 12.1. The Balaban J connectivity index is 1.79. The van der Waals surface area contributed by atoms with Crippen LogP contribution in [0.1, 0.15) is 40.7 Å². The van der Waals surface area contributed by atoms with Gasteiger partial charge in [0.2, 0.25) is 5.76 Å². The maximum atomic E-state index is 11.8. The number of hydrogen-bond acceptors (Lipinski definition) is 6. The molecule has 0 bridgehead atoms. The van der Waals surface area contributed by atoms with Crippen LogP contribution in [0.3, 0.4) is 0 Å². The van der Waals surface area contributed by atoms with E-state index >= 15 is 0 Å². The van der Waals surface area contributed by atoms with E-state index in [-0.39, 0.29) is 5.76 Å². The molecule has 0 fully saturated rings. The van der Waals surface area contributed by atoms with Crippen LogP contribution in [0.25, 0.3) is 0 Å². The van der Waals surface area contributed by atoms with E-state index in [4.69, 9.17) is 13.9 Å². The Labute approximate surface area is 144 Å². The fourth-order valence-corrected chi connectivity index (χ4v) is 1.88. The molecule has 0 atom stereocenters. The second-order valence-electron chi connectivity index (χ2n) is 5.17. The first-order valence-corrected chi connectivity index (χ1v) is 7.88. The van der Waals surface area contributed by atoms with Gasteiger partial charge in [-0.05, 0) is 42.8 Å². The number of rotatable bonds is 8. The van der Waals surface area contributed by atoms with Gasteiger partial charge < -0.3 is 19.2 Å². The van der Waals surface area contributed by atoms with E-state index in [1.165, 1.54) is 12.3 Å². The van der Waals surface area contributed by atoms with Gasteiger partial charge in [0.05, 0.1) is 18.4 Å². The Morgan fingerprint density at radius 1 is 1.04 bits per heavy atom. The van der Waals surface area contributed by atoms with Gasteiger partial charge in [-0.3, -0.25) is 4.79 Å². The molecular formula is C18H19NO6. The summed E-state index contributed by atoms with van der Waals surface area (Å²) >= 11 is 0. The summed E-state index contributed by atoms with van der Waals surface area (Å²) in [5.74, 6) is -1.60. The first-order valence-electron chi connectivity index (χ1n) is 7.88. The number of unbranched alkanes of at least 4 members (excludes halogenated alkanes) is 1. The lowest BCUT2D eigenvalue weighted by Crippen LogP contribution is -2.20. The zero-order valence-electron chi connectivity index (χ0n) is 13.8. The number of furan rings is 1. The minimum atomic E-state index is -0.717. The molecule has 0 saturated carbocycles. The molecule has 132 valence electrons. The van der Waals surface area contributed by atoms with Crippen molar-refractivity contribution < 1.29 is 28.3 Å². The molecule has 1 aromatic carbocycles. The number of carbonyl (C=O) groups excluding carboxylic acids is 3. The van der Waals surface area contributed by atoms with Crippen LogP contribution in [0.4, 0.5) is 5.69 Å². The molecule has 0 radical (unpaired) electrons. The van der Waals surface area contributed by atoms with Crippen LogP contribution in [0.15, 0.2) is 47.1 Å². The van der Waals surface area contributed by atoms with Gasteiger partial charge in [-0.15, -0.1) is 0 Å². The van der Waals surface area contributed by atoms with Crippen molar-refractivity contribution in [1.29, 1.82) is 0 Å². The van der Waals surface area contributed by atoms with E-state index < -0.39 is 24.5 Å².